The van der Waals surface area contributed by atoms with Gasteiger partial charge in [-0.1, -0.05) is 23.2 Å². The first-order valence-corrected chi connectivity index (χ1v) is 7.73. The van der Waals surface area contributed by atoms with Crippen LogP contribution in [0.3, 0.4) is 0 Å². The summed E-state index contributed by atoms with van der Waals surface area (Å²) in [6.07, 6.45) is 3.08. The van der Waals surface area contributed by atoms with Crippen LogP contribution < -0.4 is 14.2 Å². The Kier molecular flexibility index (Phi) is 6.12. The third-order valence-electron chi connectivity index (χ3n) is 3.35. The van der Waals surface area contributed by atoms with Gasteiger partial charge in [0.2, 0.25) is 5.75 Å². The van der Waals surface area contributed by atoms with Gasteiger partial charge in [0, 0.05) is 11.1 Å². The van der Waals surface area contributed by atoms with Crippen molar-refractivity contribution in [3.63, 3.8) is 0 Å². The molecule has 24 heavy (non-hydrogen) atoms. The van der Waals surface area contributed by atoms with Crippen LogP contribution in [0.2, 0.25) is 10.0 Å². The minimum Gasteiger partial charge on any atom is -0.493 e. The first-order valence-electron chi connectivity index (χ1n) is 6.98. The molecule has 0 aliphatic carbocycles. The molecule has 0 aromatic heterocycles. The van der Waals surface area contributed by atoms with Crippen molar-refractivity contribution < 1.29 is 19.0 Å². The Labute approximate surface area is 150 Å². The van der Waals surface area contributed by atoms with Gasteiger partial charge in [-0.15, -0.1) is 0 Å². The standard InChI is InChI=1S/C18H16Cl2O4/c1-22-16-9-6-11(17(23-2)18(16)24-3)5-8-15(21)12-4-7-13(19)14(20)10-12/h4-10H,1-3H3. The number of halogens is 2. The Bertz CT molecular complexity index is 785. The molecule has 0 amide bonds. The maximum Gasteiger partial charge on any atom is 0.203 e. The summed E-state index contributed by atoms with van der Waals surface area (Å²) in [6, 6.07) is 8.25. The average Bonchev–Trinajstić information content (AvgIpc) is 2.60. The van der Waals surface area contributed by atoms with Crippen molar-refractivity contribution in [3.8, 4) is 17.2 Å². The summed E-state index contributed by atoms with van der Waals surface area (Å²) in [5.41, 5.74) is 1.13. The highest BCUT2D eigenvalue weighted by molar-refractivity contribution is 6.42. The fourth-order valence-electron chi connectivity index (χ4n) is 2.17. The summed E-state index contributed by atoms with van der Waals surface area (Å²) in [4.78, 5) is 12.3. The molecule has 0 N–H and O–H groups in total. The minimum atomic E-state index is -0.203. The normalized spacial score (nSPS) is 10.7. The van der Waals surface area contributed by atoms with E-state index in [1.807, 2.05) is 0 Å². The number of carbonyl (C=O) groups excluding carboxylic acids is 1. The lowest BCUT2D eigenvalue weighted by Crippen LogP contribution is -1.97. The van der Waals surface area contributed by atoms with E-state index in [9.17, 15) is 4.79 Å². The third kappa shape index (κ3) is 3.83. The molecule has 0 fully saturated rings. The van der Waals surface area contributed by atoms with E-state index in [0.29, 0.717) is 38.4 Å². The fourth-order valence-corrected chi connectivity index (χ4v) is 2.46. The number of ether oxygens (including phenoxy) is 3. The number of benzene rings is 2. The van der Waals surface area contributed by atoms with E-state index in [2.05, 4.69) is 0 Å². The molecule has 0 bridgehead atoms. The topological polar surface area (TPSA) is 44.8 Å². The molecule has 0 heterocycles. The molecule has 4 nitrogen and oxygen atoms in total. The van der Waals surface area contributed by atoms with Crippen molar-refractivity contribution in [2.24, 2.45) is 0 Å². The van der Waals surface area contributed by atoms with Gasteiger partial charge in [-0.2, -0.15) is 0 Å². The van der Waals surface area contributed by atoms with Gasteiger partial charge in [-0.25, -0.2) is 0 Å². The molecule has 0 spiro atoms. The first-order chi connectivity index (χ1) is 11.5. The second-order valence-corrected chi connectivity index (χ2v) is 5.56. The number of carbonyl (C=O) groups is 1. The summed E-state index contributed by atoms with van der Waals surface area (Å²) < 4.78 is 15.9. The number of rotatable bonds is 6. The van der Waals surface area contributed by atoms with Crippen LogP contribution in [0.25, 0.3) is 6.08 Å². The molecule has 0 saturated carbocycles. The predicted octanol–water partition coefficient (Wildman–Crippen LogP) is 4.92. The number of hydrogen-bond acceptors (Lipinski definition) is 4. The molecule has 0 atom stereocenters. The molecule has 0 saturated heterocycles. The van der Waals surface area contributed by atoms with Crippen molar-refractivity contribution in [1.82, 2.24) is 0 Å². The number of ketones is 1. The van der Waals surface area contributed by atoms with Gasteiger partial charge in [0.1, 0.15) is 0 Å². The largest absolute Gasteiger partial charge is 0.493 e. The molecule has 0 radical (unpaired) electrons. The number of allylic oxidation sites excluding steroid dienone is 1. The molecule has 0 aliphatic rings. The van der Waals surface area contributed by atoms with Crippen LogP contribution >= 0.6 is 23.2 Å². The predicted molar refractivity (Wildman–Crippen MR) is 95.9 cm³/mol. The molecule has 2 aromatic rings. The summed E-state index contributed by atoms with van der Waals surface area (Å²) in [7, 11) is 4.59. The van der Waals surface area contributed by atoms with Gasteiger partial charge >= 0.3 is 0 Å². The van der Waals surface area contributed by atoms with E-state index in [0.717, 1.165) is 0 Å². The number of methoxy groups -OCH3 is 3. The van der Waals surface area contributed by atoms with Crippen LogP contribution in [-0.2, 0) is 0 Å². The van der Waals surface area contributed by atoms with E-state index in [1.165, 1.54) is 26.4 Å². The zero-order chi connectivity index (χ0) is 17.7. The Morgan fingerprint density at radius 3 is 2.21 bits per heavy atom. The molecule has 126 valence electrons. The summed E-state index contributed by atoms with van der Waals surface area (Å²) in [5.74, 6) is 1.28. The minimum absolute atomic E-state index is 0.203. The Morgan fingerprint density at radius 2 is 1.62 bits per heavy atom. The van der Waals surface area contributed by atoms with Gasteiger partial charge in [0.25, 0.3) is 0 Å². The fraction of sp³-hybridized carbons (Fsp3) is 0.167. The van der Waals surface area contributed by atoms with E-state index >= 15 is 0 Å². The van der Waals surface area contributed by atoms with Gasteiger partial charge in [0.05, 0.1) is 31.4 Å². The molecule has 0 aliphatic heterocycles. The third-order valence-corrected chi connectivity index (χ3v) is 4.09. The second kappa shape index (κ2) is 8.08. The first kappa shape index (κ1) is 18.2. The highest BCUT2D eigenvalue weighted by atomic mass is 35.5. The molecular formula is C18H16Cl2O4. The highest BCUT2D eigenvalue weighted by Gasteiger charge is 2.14. The van der Waals surface area contributed by atoms with E-state index < -0.39 is 0 Å². The summed E-state index contributed by atoms with van der Waals surface area (Å²) in [5, 5.41) is 0.735. The molecule has 2 rings (SSSR count). The van der Waals surface area contributed by atoms with Crippen molar-refractivity contribution in [3.05, 3.63) is 57.6 Å². The van der Waals surface area contributed by atoms with E-state index in [1.54, 1.807) is 37.5 Å². The van der Waals surface area contributed by atoms with Gasteiger partial charge in [-0.3, -0.25) is 4.79 Å². The van der Waals surface area contributed by atoms with Crippen molar-refractivity contribution in [1.29, 1.82) is 0 Å². The lowest BCUT2D eigenvalue weighted by molar-refractivity contribution is 0.104. The van der Waals surface area contributed by atoms with Crippen LogP contribution in [0.15, 0.2) is 36.4 Å². The second-order valence-electron chi connectivity index (χ2n) is 4.75. The van der Waals surface area contributed by atoms with Crippen LogP contribution in [0.5, 0.6) is 17.2 Å². The quantitative estimate of drug-likeness (QED) is 0.537. The zero-order valence-electron chi connectivity index (χ0n) is 13.4. The maximum absolute atomic E-state index is 12.3. The maximum atomic E-state index is 12.3. The molecule has 2 aromatic carbocycles. The Balaban J connectivity index is 2.34. The van der Waals surface area contributed by atoms with E-state index in [4.69, 9.17) is 37.4 Å². The van der Waals surface area contributed by atoms with Crippen LogP contribution in [-0.4, -0.2) is 27.1 Å². The summed E-state index contributed by atoms with van der Waals surface area (Å²) in [6.45, 7) is 0. The number of hydrogen-bond donors (Lipinski definition) is 0. The highest BCUT2D eigenvalue weighted by Crippen LogP contribution is 2.40. The van der Waals surface area contributed by atoms with Crippen LogP contribution in [0.4, 0.5) is 0 Å². The van der Waals surface area contributed by atoms with Gasteiger partial charge in [-0.05, 0) is 42.5 Å². The Morgan fingerprint density at radius 1 is 0.917 bits per heavy atom. The van der Waals surface area contributed by atoms with Crippen LogP contribution in [0.1, 0.15) is 15.9 Å². The lowest BCUT2D eigenvalue weighted by Gasteiger charge is -2.13. The van der Waals surface area contributed by atoms with Gasteiger partial charge < -0.3 is 14.2 Å². The molecule has 6 heteroatoms. The zero-order valence-corrected chi connectivity index (χ0v) is 14.9. The lowest BCUT2D eigenvalue weighted by atomic mass is 10.1. The van der Waals surface area contributed by atoms with E-state index in [-0.39, 0.29) is 5.78 Å². The van der Waals surface area contributed by atoms with Crippen LogP contribution in [0, 0.1) is 0 Å². The summed E-state index contributed by atoms with van der Waals surface area (Å²) >= 11 is 11.8. The van der Waals surface area contributed by atoms with Crippen molar-refractivity contribution >= 4 is 35.1 Å². The van der Waals surface area contributed by atoms with Gasteiger partial charge in [0.15, 0.2) is 17.3 Å². The van der Waals surface area contributed by atoms with Crippen molar-refractivity contribution in [2.45, 2.75) is 0 Å². The smallest absolute Gasteiger partial charge is 0.203 e. The molecular weight excluding hydrogens is 351 g/mol. The average molecular weight is 367 g/mol. The SMILES string of the molecule is COc1ccc(C=CC(=O)c2ccc(Cl)c(Cl)c2)c(OC)c1OC. The van der Waals surface area contributed by atoms with Crippen molar-refractivity contribution in [2.75, 3.05) is 21.3 Å². The monoisotopic (exact) mass is 366 g/mol. The Hall–Kier alpha value is -2.17. The molecule has 0 unspecified atom stereocenters.